The first-order valence-corrected chi connectivity index (χ1v) is 13.9. The molecule has 0 saturated heterocycles. The highest BCUT2D eigenvalue weighted by atomic mass is 14.2. The van der Waals surface area contributed by atoms with E-state index in [2.05, 4.69) is 158 Å². The van der Waals surface area contributed by atoms with Crippen LogP contribution in [-0.2, 0) is 0 Å². The van der Waals surface area contributed by atoms with Crippen molar-refractivity contribution in [2.75, 3.05) is 0 Å². The minimum Gasteiger partial charge on any atom is -0.0616 e. The van der Waals surface area contributed by atoms with E-state index >= 15 is 0 Å². The van der Waals surface area contributed by atoms with Crippen LogP contribution >= 0.6 is 0 Å². The minimum atomic E-state index is 1.25. The summed E-state index contributed by atoms with van der Waals surface area (Å²) in [5, 5.41) is 10.1. The quantitative estimate of drug-likeness (QED) is 0.223. The predicted octanol–water partition coefficient (Wildman–Crippen LogP) is 11.3. The SMILES string of the molecule is c1ccc2c(-c3cc4ccccc4c(-c4cccc5ccccc45)c3-c3cccc4ccccc34)cccc2c1. The summed E-state index contributed by atoms with van der Waals surface area (Å²) in [6.45, 7) is 0. The molecule has 0 aromatic heterocycles. The van der Waals surface area contributed by atoms with Crippen LogP contribution in [0.2, 0.25) is 0 Å². The first-order chi connectivity index (χ1) is 19.9. The maximum absolute atomic E-state index is 2.41. The summed E-state index contributed by atoms with van der Waals surface area (Å²) in [6, 6.07) is 57.6. The Morgan fingerprint density at radius 1 is 0.225 bits per heavy atom. The van der Waals surface area contributed by atoms with Crippen molar-refractivity contribution >= 4 is 43.1 Å². The maximum Gasteiger partial charge on any atom is -0.00137 e. The fraction of sp³-hybridized carbons (Fsp3) is 0. The maximum atomic E-state index is 2.41. The number of rotatable bonds is 3. The monoisotopic (exact) mass is 506 g/mol. The molecule has 8 aromatic carbocycles. The Morgan fingerprint density at radius 3 is 1.15 bits per heavy atom. The lowest BCUT2D eigenvalue weighted by molar-refractivity contribution is 1.63. The van der Waals surface area contributed by atoms with Gasteiger partial charge in [-0.25, -0.2) is 0 Å². The zero-order valence-electron chi connectivity index (χ0n) is 22.0. The molecule has 0 aliphatic heterocycles. The van der Waals surface area contributed by atoms with E-state index in [-0.39, 0.29) is 0 Å². The largest absolute Gasteiger partial charge is 0.0616 e. The van der Waals surface area contributed by atoms with Crippen LogP contribution in [0.15, 0.2) is 158 Å². The third-order valence-electron chi connectivity index (χ3n) is 8.25. The number of fused-ring (bicyclic) bond motifs is 4. The third-order valence-corrected chi connectivity index (χ3v) is 8.25. The minimum absolute atomic E-state index is 1.25. The third kappa shape index (κ3) is 3.54. The Morgan fingerprint density at radius 2 is 0.600 bits per heavy atom. The van der Waals surface area contributed by atoms with Crippen LogP contribution in [0.4, 0.5) is 0 Å². The van der Waals surface area contributed by atoms with Crippen molar-refractivity contribution in [2.45, 2.75) is 0 Å². The molecule has 0 aliphatic rings. The normalized spacial score (nSPS) is 11.5. The Labute approximate surface area is 233 Å². The zero-order chi connectivity index (χ0) is 26.5. The molecule has 0 unspecified atom stereocenters. The van der Waals surface area contributed by atoms with Crippen molar-refractivity contribution in [1.29, 1.82) is 0 Å². The molecule has 0 saturated carbocycles. The van der Waals surface area contributed by atoms with Gasteiger partial charge in [-0.05, 0) is 82.5 Å². The summed E-state index contributed by atoms with van der Waals surface area (Å²) in [6.07, 6.45) is 0. The molecule has 0 aliphatic carbocycles. The molecule has 0 spiro atoms. The second-order valence-corrected chi connectivity index (χ2v) is 10.5. The van der Waals surface area contributed by atoms with Gasteiger partial charge in [-0.15, -0.1) is 0 Å². The van der Waals surface area contributed by atoms with Gasteiger partial charge in [0, 0.05) is 0 Å². The molecule has 0 heteroatoms. The Bertz CT molecular complexity index is 2200. The second-order valence-electron chi connectivity index (χ2n) is 10.5. The molecule has 0 amide bonds. The summed E-state index contributed by atoms with van der Waals surface area (Å²) in [5.74, 6) is 0. The Balaban J connectivity index is 1.63. The number of hydrogen-bond acceptors (Lipinski definition) is 0. The van der Waals surface area contributed by atoms with E-state index in [9.17, 15) is 0 Å². The first-order valence-electron chi connectivity index (χ1n) is 13.9. The molecule has 0 heterocycles. The Kier molecular flexibility index (Phi) is 5.24. The molecule has 0 atom stereocenters. The summed E-state index contributed by atoms with van der Waals surface area (Å²) in [5.41, 5.74) is 7.61. The van der Waals surface area contributed by atoms with Crippen LogP contribution in [0, 0.1) is 0 Å². The van der Waals surface area contributed by atoms with E-state index in [1.807, 2.05) is 0 Å². The molecule has 40 heavy (non-hydrogen) atoms. The fourth-order valence-corrected chi connectivity index (χ4v) is 6.47. The predicted molar refractivity (Wildman–Crippen MR) is 173 cm³/mol. The van der Waals surface area contributed by atoms with Crippen LogP contribution in [0.25, 0.3) is 76.5 Å². The highest BCUT2D eigenvalue weighted by molar-refractivity contribution is 6.18. The van der Waals surface area contributed by atoms with Crippen molar-refractivity contribution < 1.29 is 0 Å². The van der Waals surface area contributed by atoms with Crippen LogP contribution in [-0.4, -0.2) is 0 Å². The van der Waals surface area contributed by atoms with Gasteiger partial charge >= 0.3 is 0 Å². The van der Waals surface area contributed by atoms with Crippen molar-refractivity contribution in [3.63, 3.8) is 0 Å². The van der Waals surface area contributed by atoms with Crippen molar-refractivity contribution in [3.05, 3.63) is 158 Å². The van der Waals surface area contributed by atoms with E-state index in [0.29, 0.717) is 0 Å². The van der Waals surface area contributed by atoms with Crippen molar-refractivity contribution in [2.24, 2.45) is 0 Å². The topological polar surface area (TPSA) is 0 Å². The van der Waals surface area contributed by atoms with Gasteiger partial charge in [-0.3, -0.25) is 0 Å². The van der Waals surface area contributed by atoms with E-state index < -0.39 is 0 Å². The van der Waals surface area contributed by atoms with Gasteiger partial charge < -0.3 is 0 Å². The Hall–Kier alpha value is -5.20. The molecule has 8 aromatic rings. The number of hydrogen-bond donors (Lipinski definition) is 0. The van der Waals surface area contributed by atoms with E-state index in [1.54, 1.807) is 0 Å². The molecule has 8 rings (SSSR count). The zero-order valence-corrected chi connectivity index (χ0v) is 22.0. The van der Waals surface area contributed by atoms with Gasteiger partial charge in [-0.2, -0.15) is 0 Å². The van der Waals surface area contributed by atoms with Crippen molar-refractivity contribution in [3.8, 4) is 33.4 Å². The summed E-state index contributed by atoms with van der Waals surface area (Å²) < 4.78 is 0. The second kappa shape index (κ2) is 9.22. The highest BCUT2D eigenvalue weighted by Crippen LogP contribution is 2.49. The summed E-state index contributed by atoms with van der Waals surface area (Å²) >= 11 is 0. The highest BCUT2D eigenvalue weighted by Gasteiger charge is 2.21. The van der Waals surface area contributed by atoms with Crippen LogP contribution in [0.1, 0.15) is 0 Å². The lowest BCUT2D eigenvalue weighted by atomic mass is 9.81. The summed E-state index contributed by atoms with van der Waals surface area (Å²) in [4.78, 5) is 0. The standard InChI is InChI=1S/C40H26/c1-5-19-31-27(12-1)16-9-23-35(31)38-26-30-15-4-8-22-34(30)39(36-24-10-17-28-13-2-6-20-32(28)36)40(38)37-25-11-18-29-14-3-7-21-33(29)37/h1-26H. The lowest BCUT2D eigenvalue weighted by Gasteiger charge is -2.22. The van der Waals surface area contributed by atoms with Gasteiger partial charge in [-0.1, -0.05) is 152 Å². The molecule has 0 radical (unpaired) electrons. The molecular weight excluding hydrogens is 480 g/mol. The van der Waals surface area contributed by atoms with Gasteiger partial charge in [0.1, 0.15) is 0 Å². The van der Waals surface area contributed by atoms with Gasteiger partial charge in [0.15, 0.2) is 0 Å². The molecule has 186 valence electrons. The van der Waals surface area contributed by atoms with Gasteiger partial charge in [0.05, 0.1) is 0 Å². The smallest absolute Gasteiger partial charge is 0.00137 e. The van der Waals surface area contributed by atoms with Gasteiger partial charge in [0.2, 0.25) is 0 Å². The molecule has 0 bridgehead atoms. The van der Waals surface area contributed by atoms with Gasteiger partial charge in [0.25, 0.3) is 0 Å². The van der Waals surface area contributed by atoms with E-state index in [1.165, 1.54) is 76.5 Å². The van der Waals surface area contributed by atoms with Crippen molar-refractivity contribution in [1.82, 2.24) is 0 Å². The molecule has 0 fully saturated rings. The fourth-order valence-electron chi connectivity index (χ4n) is 6.47. The van der Waals surface area contributed by atoms with E-state index in [4.69, 9.17) is 0 Å². The van der Waals surface area contributed by atoms with E-state index in [0.717, 1.165) is 0 Å². The molecule has 0 N–H and O–H groups in total. The molecule has 0 nitrogen and oxygen atoms in total. The average molecular weight is 507 g/mol. The van der Waals surface area contributed by atoms with Crippen LogP contribution in [0.3, 0.4) is 0 Å². The first kappa shape index (κ1) is 22.8. The number of benzene rings is 8. The summed E-state index contributed by atoms with van der Waals surface area (Å²) in [7, 11) is 0. The average Bonchev–Trinajstić information content (AvgIpc) is 3.03. The lowest BCUT2D eigenvalue weighted by Crippen LogP contribution is -1.95. The van der Waals surface area contributed by atoms with Crippen LogP contribution in [0.5, 0.6) is 0 Å². The van der Waals surface area contributed by atoms with Crippen LogP contribution < -0.4 is 0 Å². The molecular formula is C40H26.